The zero-order chi connectivity index (χ0) is 23.9. The second-order valence-corrected chi connectivity index (χ2v) is 10.6. The minimum Gasteiger partial charge on any atom is -0.465 e. The molecule has 0 aromatic heterocycles. The van der Waals surface area contributed by atoms with E-state index in [4.69, 9.17) is 9.47 Å². The van der Waals surface area contributed by atoms with Gasteiger partial charge < -0.3 is 9.47 Å². The maximum Gasteiger partial charge on any atom is 0.313 e. The molecule has 0 saturated heterocycles. The second-order valence-electron chi connectivity index (χ2n) is 10.6. The van der Waals surface area contributed by atoms with Crippen molar-refractivity contribution in [2.75, 3.05) is 6.61 Å². The number of ether oxygens (including phenoxy) is 2. The number of esters is 2. The monoisotopic (exact) mass is 464 g/mol. The number of ketones is 1. The van der Waals surface area contributed by atoms with E-state index < -0.39 is 5.97 Å². The smallest absolute Gasteiger partial charge is 0.313 e. The Labute approximate surface area is 201 Å². The van der Waals surface area contributed by atoms with E-state index in [1.807, 2.05) is 0 Å². The Balaban J connectivity index is 1.47. The molecule has 0 aromatic rings. The molecule has 0 heterocycles. The number of hydrogen-bond acceptors (Lipinski definition) is 5. The van der Waals surface area contributed by atoms with Crippen molar-refractivity contribution in [3.05, 3.63) is 0 Å². The molecule has 2 aliphatic carbocycles. The van der Waals surface area contributed by atoms with Crippen molar-refractivity contribution < 1.29 is 23.9 Å². The highest BCUT2D eigenvalue weighted by atomic mass is 16.5. The second kappa shape index (κ2) is 16.3. The molecule has 0 spiro atoms. The Morgan fingerprint density at radius 1 is 0.727 bits per heavy atom. The molecule has 190 valence electrons. The first-order valence-corrected chi connectivity index (χ1v) is 13.8. The Morgan fingerprint density at radius 3 is 1.91 bits per heavy atom. The van der Waals surface area contributed by atoms with Crippen LogP contribution in [-0.2, 0) is 23.9 Å². The van der Waals surface area contributed by atoms with Crippen LogP contribution in [0.1, 0.15) is 129 Å². The van der Waals surface area contributed by atoms with E-state index in [-0.39, 0.29) is 30.2 Å². The van der Waals surface area contributed by atoms with Crippen LogP contribution in [0.2, 0.25) is 0 Å². The summed E-state index contributed by atoms with van der Waals surface area (Å²) in [5.41, 5.74) is 0. The number of hydrogen-bond donors (Lipinski definition) is 0. The summed E-state index contributed by atoms with van der Waals surface area (Å²) in [6.45, 7) is 4.08. The molecule has 0 unspecified atom stereocenters. The van der Waals surface area contributed by atoms with Crippen molar-refractivity contribution in [2.45, 2.75) is 136 Å². The average Bonchev–Trinajstić information content (AvgIpc) is 2.79. The molecule has 0 atom stereocenters. The third-order valence-electron chi connectivity index (χ3n) is 7.64. The zero-order valence-corrected chi connectivity index (χ0v) is 21.3. The van der Waals surface area contributed by atoms with Crippen LogP contribution in [0.25, 0.3) is 0 Å². The van der Waals surface area contributed by atoms with Crippen molar-refractivity contribution >= 4 is 17.7 Å². The first-order chi connectivity index (χ1) is 16.0. The molecule has 2 rings (SSSR count). The van der Waals surface area contributed by atoms with Crippen molar-refractivity contribution in [1.29, 1.82) is 0 Å². The quantitative estimate of drug-likeness (QED) is 0.149. The highest BCUT2D eigenvalue weighted by molar-refractivity contribution is 5.94. The standard InChI is InChI=1S/C28H48O5/c1-3-4-7-10-24-14-18-26(19-15-24)33-28(31)25-16-12-23(13-17-25)11-8-5-6-9-20-32-27(30)21-22(2)29/h23-26H,3-21H2,1-2H3/t23-,24-,25-,26-. The minimum atomic E-state index is -0.409. The fraction of sp³-hybridized carbons (Fsp3) is 0.893. The predicted octanol–water partition coefficient (Wildman–Crippen LogP) is 6.95. The van der Waals surface area contributed by atoms with Gasteiger partial charge >= 0.3 is 11.9 Å². The molecular formula is C28H48O5. The molecule has 0 aliphatic heterocycles. The summed E-state index contributed by atoms with van der Waals surface area (Å²) in [6.07, 6.45) is 19.7. The molecule has 0 N–H and O–H groups in total. The van der Waals surface area contributed by atoms with E-state index in [0.29, 0.717) is 6.61 Å². The van der Waals surface area contributed by atoms with E-state index in [9.17, 15) is 14.4 Å². The van der Waals surface area contributed by atoms with Crippen LogP contribution in [0.5, 0.6) is 0 Å². The molecule has 0 bridgehead atoms. The van der Waals surface area contributed by atoms with Crippen LogP contribution in [0.3, 0.4) is 0 Å². The van der Waals surface area contributed by atoms with Crippen molar-refractivity contribution in [3.8, 4) is 0 Å². The van der Waals surface area contributed by atoms with E-state index in [2.05, 4.69) is 6.92 Å². The minimum absolute atomic E-state index is 0.0715. The SMILES string of the molecule is CCCCC[C@H]1CC[C@H](OC(=O)[C@H]2CC[C@H](CCCCCCOC(=O)CC(C)=O)CC2)CC1. The molecule has 2 saturated carbocycles. The van der Waals surface area contributed by atoms with Crippen molar-refractivity contribution in [2.24, 2.45) is 17.8 Å². The van der Waals surface area contributed by atoms with Gasteiger partial charge in [0.2, 0.25) is 0 Å². The van der Waals surface area contributed by atoms with Gasteiger partial charge in [-0.1, -0.05) is 58.3 Å². The maximum absolute atomic E-state index is 12.7. The van der Waals surface area contributed by atoms with Crippen LogP contribution in [0.4, 0.5) is 0 Å². The third-order valence-corrected chi connectivity index (χ3v) is 7.64. The van der Waals surface area contributed by atoms with Gasteiger partial charge in [0.15, 0.2) is 0 Å². The Bertz CT molecular complexity index is 571. The fourth-order valence-electron chi connectivity index (χ4n) is 5.50. The van der Waals surface area contributed by atoms with E-state index >= 15 is 0 Å². The summed E-state index contributed by atoms with van der Waals surface area (Å²) in [5.74, 6) is 1.22. The van der Waals surface area contributed by atoms with Crippen LogP contribution in [0, 0.1) is 17.8 Å². The number of rotatable bonds is 15. The normalized spacial score (nSPS) is 25.4. The van der Waals surface area contributed by atoms with Gasteiger partial charge in [0.05, 0.1) is 12.5 Å². The van der Waals surface area contributed by atoms with Gasteiger partial charge in [-0.05, 0) is 76.5 Å². The summed E-state index contributed by atoms with van der Waals surface area (Å²) >= 11 is 0. The van der Waals surface area contributed by atoms with Crippen molar-refractivity contribution in [1.82, 2.24) is 0 Å². The van der Waals surface area contributed by atoms with Crippen LogP contribution in [-0.4, -0.2) is 30.4 Å². The number of Topliss-reactive ketones (excluding diaryl/α,β-unsaturated/α-hetero) is 1. The summed E-state index contributed by atoms with van der Waals surface area (Å²) < 4.78 is 11.0. The lowest BCUT2D eigenvalue weighted by Crippen LogP contribution is -2.30. The van der Waals surface area contributed by atoms with Gasteiger partial charge in [0.1, 0.15) is 18.3 Å². The van der Waals surface area contributed by atoms with Gasteiger partial charge in [-0.3, -0.25) is 14.4 Å². The fourth-order valence-corrected chi connectivity index (χ4v) is 5.50. The third kappa shape index (κ3) is 12.0. The van der Waals surface area contributed by atoms with E-state index in [1.165, 1.54) is 58.3 Å². The predicted molar refractivity (Wildman–Crippen MR) is 131 cm³/mol. The molecule has 5 nitrogen and oxygen atoms in total. The zero-order valence-electron chi connectivity index (χ0n) is 21.3. The molecule has 0 aromatic carbocycles. The molecule has 33 heavy (non-hydrogen) atoms. The summed E-state index contributed by atoms with van der Waals surface area (Å²) in [6, 6.07) is 0. The van der Waals surface area contributed by atoms with Gasteiger partial charge in [0.25, 0.3) is 0 Å². The largest absolute Gasteiger partial charge is 0.465 e. The molecular weight excluding hydrogens is 416 g/mol. The Morgan fingerprint density at radius 2 is 1.30 bits per heavy atom. The molecule has 2 aliphatic rings. The summed E-state index contributed by atoms with van der Waals surface area (Å²) in [7, 11) is 0. The highest BCUT2D eigenvalue weighted by Crippen LogP contribution is 2.35. The van der Waals surface area contributed by atoms with Gasteiger partial charge in [-0.25, -0.2) is 0 Å². The molecule has 2 fully saturated rings. The first kappa shape index (κ1) is 27.9. The highest BCUT2D eigenvalue weighted by Gasteiger charge is 2.30. The maximum atomic E-state index is 12.7. The van der Waals surface area contributed by atoms with Crippen LogP contribution >= 0.6 is 0 Å². The Hall–Kier alpha value is -1.39. The van der Waals surface area contributed by atoms with E-state index in [1.54, 1.807) is 0 Å². The number of carbonyl (C=O) groups is 3. The number of carbonyl (C=O) groups excluding carboxylic acids is 3. The molecule has 0 amide bonds. The lowest BCUT2D eigenvalue weighted by Gasteiger charge is -2.31. The molecule has 0 radical (unpaired) electrons. The average molecular weight is 465 g/mol. The topological polar surface area (TPSA) is 69.7 Å². The summed E-state index contributed by atoms with van der Waals surface area (Å²) in [4.78, 5) is 34.8. The molecule has 5 heteroatoms. The van der Waals surface area contributed by atoms with Crippen LogP contribution < -0.4 is 0 Å². The van der Waals surface area contributed by atoms with Gasteiger partial charge in [0, 0.05) is 0 Å². The van der Waals surface area contributed by atoms with Crippen LogP contribution in [0.15, 0.2) is 0 Å². The lowest BCUT2D eigenvalue weighted by molar-refractivity contribution is -0.157. The van der Waals surface area contributed by atoms with Gasteiger partial charge in [-0.15, -0.1) is 0 Å². The van der Waals surface area contributed by atoms with Gasteiger partial charge in [-0.2, -0.15) is 0 Å². The Kier molecular flexibility index (Phi) is 13.7. The van der Waals surface area contributed by atoms with E-state index in [0.717, 1.165) is 69.6 Å². The first-order valence-electron chi connectivity index (χ1n) is 13.8. The number of unbranched alkanes of at least 4 members (excludes halogenated alkanes) is 5. The summed E-state index contributed by atoms with van der Waals surface area (Å²) in [5, 5.41) is 0. The lowest BCUT2D eigenvalue weighted by atomic mass is 9.79. The van der Waals surface area contributed by atoms with Crippen molar-refractivity contribution in [3.63, 3.8) is 0 Å².